The SMILES string of the molecule is O=S1(=O)c2sc(Cl)cc2C(O)CN1CCBr. The minimum Gasteiger partial charge on any atom is -0.387 e. The second-order valence-corrected chi connectivity index (χ2v) is 7.97. The third kappa shape index (κ3) is 2.04. The molecule has 1 N–H and O–H groups in total. The van der Waals surface area contributed by atoms with Crippen LogP contribution in [-0.4, -0.2) is 36.2 Å². The van der Waals surface area contributed by atoms with Gasteiger partial charge in [0.15, 0.2) is 0 Å². The summed E-state index contributed by atoms with van der Waals surface area (Å²) in [6, 6.07) is 1.52. The average Bonchev–Trinajstić information content (AvgIpc) is 2.59. The third-order valence-corrected chi connectivity index (χ3v) is 6.37. The summed E-state index contributed by atoms with van der Waals surface area (Å²) in [6.45, 7) is 0.433. The molecule has 1 aromatic rings. The maximum absolute atomic E-state index is 12.1. The highest BCUT2D eigenvalue weighted by molar-refractivity contribution is 9.09. The van der Waals surface area contributed by atoms with Crippen LogP contribution in [0.1, 0.15) is 11.7 Å². The van der Waals surface area contributed by atoms with Crippen LogP contribution in [0, 0.1) is 0 Å². The van der Waals surface area contributed by atoms with Gasteiger partial charge in [-0.15, -0.1) is 11.3 Å². The molecule has 1 aliphatic heterocycles. The summed E-state index contributed by atoms with van der Waals surface area (Å²) in [5.41, 5.74) is 0.417. The van der Waals surface area contributed by atoms with E-state index in [9.17, 15) is 13.5 Å². The first kappa shape index (κ1) is 12.8. The van der Waals surface area contributed by atoms with Crippen LogP contribution in [0.2, 0.25) is 4.34 Å². The van der Waals surface area contributed by atoms with Crippen LogP contribution in [0.25, 0.3) is 0 Å². The quantitative estimate of drug-likeness (QED) is 0.831. The predicted molar refractivity (Wildman–Crippen MR) is 66.8 cm³/mol. The minimum atomic E-state index is -3.48. The molecule has 1 atom stereocenters. The molecule has 0 bridgehead atoms. The highest BCUT2D eigenvalue weighted by atomic mass is 79.9. The fourth-order valence-corrected chi connectivity index (χ4v) is 5.83. The van der Waals surface area contributed by atoms with E-state index in [0.717, 1.165) is 11.3 Å². The number of hydrogen-bond acceptors (Lipinski definition) is 4. The normalized spacial score (nSPS) is 24.3. The number of fused-ring (bicyclic) bond motifs is 1. The highest BCUT2D eigenvalue weighted by Crippen LogP contribution is 2.40. The van der Waals surface area contributed by atoms with Gasteiger partial charge in [0.25, 0.3) is 10.0 Å². The lowest BCUT2D eigenvalue weighted by atomic mass is 10.2. The van der Waals surface area contributed by atoms with Crippen molar-refractivity contribution < 1.29 is 13.5 Å². The number of nitrogens with zero attached hydrogens (tertiary/aromatic N) is 1. The molecule has 0 saturated heterocycles. The second-order valence-electron chi connectivity index (χ2n) is 3.36. The molecule has 0 saturated carbocycles. The molecular weight excluding hydrogens is 338 g/mol. The highest BCUT2D eigenvalue weighted by Gasteiger charge is 2.37. The van der Waals surface area contributed by atoms with Gasteiger partial charge in [-0.3, -0.25) is 0 Å². The number of β-amino-alcohol motifs (C(OH)–C–C–N with tert-alkyl or cyclic N) is 1. The summed E-state index contributed by atoms with van der Waals surface area (Å²) >= 11 is 9.97. The van der Waals surface area contributed by atoms with E-state index < -0.39 is 16.1 Å². The van der Waals surface area contributed by atoms with Crippen molar-refractivity contribution in [2.75, 3.05) is 18.4 Å². The Hall–Kier alpha value is 0.340. The number of rotatable bonds is 2. The Labute approximate surface area is 111 Å². The van der Waals surface area contributed by atoms with Crippen molar-refractivity contribution in [3.63, 3.8) is 0 Å². The van der Waals surface area contributed by atoms with Crippen molar-refractivity contribution in [3.05, 3.63) is 16.0 Å². The van der Waals surface area contributed by atoms with Crippen molar-refractivity contribution in [2.24, 2.45) is 0 Å². The molecule has 0 spiro atoms. The molecular formula is C8H9BrClNO3S2. The Kier molecular flexibility index (Phi) is 3.63. The molecule has 8 heteroatoms. The Morgan fingerprint density at radius 3 is 3.00 bits per heavy atom. The molecule has 1 aromatic heterocycles. The Morgan fingerprint density at radius 2 is 2.38 bits per heavy atom. The summed E-state index contributed by atoms with van der Waals surface area (Å²) in [4.78, 5) is 0. The van der Waals surface area contributed by atoms with Crippen LogP contribution < -0.4 is 0 Å². The molecule has 0 aromatic carbocycles. The maximum Gasteiger partial charge on any atom is 0.253 e. The van der Waals surface area contributed by atoms with E-state index in [2.05, 4.69) is 15.9 Å². The van der Waals surface area contributed by atoms with Gasteiger partial charge in [-0.25, -0.2) is 8.42 Å². The summed E-state index contributed by atoms with van der Waals surface area (Å²) in [6.07, 6.45) is -0.790. The average molecular weight is 347 g/mol. The van der Waals surface area contributed by atoms with E-state index in [4.69, 9.17) is 11.6 Å². The molecule has 1 aliphatic rings. The summed E-state index contributed by atoms with van der Waals surface area (Å²) in [7, 11) is -3.48. The van der Waals surface area contributed by atoms with E-state index >= 15 is 0 Å². The molecule has 2 heterocycles. The zero-order chi connectivity index (χ0) is 11.9. The molecule has 0 aliphatic carbocycles. The van der Waals surface area contributed by atoms with Crippen LogP contribution >= 0.6 is 38.9 Å². The smallest absolute Gasteiger partial charge is 0.253 e. The molecule has 0 radical (unpaired) electrons. The standard InChI is InChI=1S/C8H9BrClNO3S2/c9-1-2-11-4-6(12)5-3-7(10)15-8(5)16(11,13)14/h3,6,12H,1-2,4H2. The zero-order valence-corrected chi connectivity index (χ0v) is 12.0. The van der Waals surface area contributed by atoms with E-state index in [1.807, 2.05) is 0 Å². The van der Waals surface area contributed by atoms with Gasteiger partial charge < -0.3 is 5.11 Å². The van der Waals surface area contributed by atoms with Crippen LogP contribution in [-0.2, 0) is 10.0 Å². The zero-order valence-electron chi connectivity index (χ0n) is 8.06. The van der Waals surface area contributed by atoms with Gasteiger partial charge in [0.05, 0.1) is 10.4 Å². The Balaban J connectivity index is 2.51. The summed E-state index contributed by atoms with van der Waals surface area (Å²) < 4.78 is 26.0. The second kappa shape index (κ2) is 4.55. The van der Waals surface area contributed by atoms with Gasteiger partial charge in [0.1, 0.15) is 4.21 Å². The maximum atomic E-state index is 12.1. The van der Waals surface area contributed by atoms with Gasteiger partial charge in [-0.05, 0) is 6.07 Å². The largest absolute Gasteiger partial charge is 0.387 e. The molecule has 90 valence electrons. The van der Waals surface area contributed by atoms with Gasteiger partial charge in [-0.1, -0.05) is 27.5 Å². The number of thiophene rings is 1. The molecule has 1 unspecified atom stereocenters. The summed E-state index contributed by atoms with van der Waals surface area (Å²) in [5.74, 6) is 0. The first-order valence-electron chi connectivity index (χ1n) is 4.50. The van der Waals surface area contributed by atoms with Crippen molar-refractivity contribution >= 4 is 48.9 Å². The van der Waals surface area contributed by atoms with Crippen LogP contribution in [0.4, 0.5) is 0 Å². The van der Waals surface area contributed by atoms with Gasteiger partial charge in [0, 0.05) is 24.0 Å². The van der Waals surface area contributed by atoms with Crippen molar-refractivity contribution in [2.45, 2.75) is 10.3 Å². The fourth-order valence-electron chi connectivity index (χ4n) is 1.60. The monoisotopic (exact) mass is 345 g/mol. The first-order chi connectivity index (χ1) is 7.46. The number of aliphatic hydroxyl groups is 1. The topological polar surface area (TPSA) is 57.6 Å². The number of aliphatic hydroxyl groups excluding tert-OH is 1. The molecule has 2 rings (SSSR count). The number of hydrogen-bond donors (Lipinski definition) is 1. The van der Waals surface area contributed by atoms with Crippen molar-refractivity contribution in [1.29, 1.82) is 0 Å². The van der Waals surface area contributed by atoms with E-state index in [1.165, 1.54) is 10.4 Å². The third-order valence-electron chi connectivity index (χ3n) is 2.34. The lowest BCUT2D eigenvalue weighted by molar-refractivity contribution is 0.141. The van der Waals surface area contributed by atoms with Crippen molar-refractivity contribution in [3.8, 4) is 0 Å². The first-order valence-corrected chi connectivity index (χ1v) is 8.26. The fraction of sp³-hybridized carbons (Fsp3) is 0.500. The van der Waals surface area contributed by atoms with E-state index in [1.54, 1.807) is 0 Å². The number of sulfonamides is 1. The molecule has 16 heavy (non-hydrogen) atoms. The van der Waals surface area contributed by atoms with Crippen LogP contribution in [0.15, 0.2) is 10.3 Å². The Bertz CT molecular complexity index is 501. The van der Waals surface area contributed by atoms with Gasteiger partial charge >= 0.3 is 0 Å². The van der Waals surface area contributed by atoms with Gasteiger partial charge in [0.2, 0.25) is 0 Å². The van der Waals surface area contributed by atoms with Crippen LogP contribution in [0.5, 0.6) is 0 Å². The van der Waals surface area contributed by atoms with Gasteiger partial charge in [-0.2, -0.15) is 4.31 Å². The van der Waals surface area contributed by atoms with E-state index in [0.29, 0.717) is 21.8 Å². The molecule has 4 nitrogen and oxygen atoms in total. The minimum absolute atomic E-state index is 0.0913. The van der Waals surface area contributed by atoms with Crippen LogP contribution in [0.3, 0.4) is 0 Å². The van der Waals surface area contributed by atoms with E-state index in [-0.39, 0.29) is 10.8 Å². The van der Waals surface area contributed by atoms with Crippen molar-refractivity contribution in [1.82, 2.24) is 4.31 Å². The number of halogens is 2. The molecule has 0 fully saturated rings. The lowest BCUT2D eigenvalue weighted by Crippen LogP contribution is -2.39. The number of alkyl halides is 1. The summed E-state index contributed by atoms with van der Waals surface area (Å²) in [5, 5.41) is 10.4. The molecule has 0 amide bonds. The predicted octanol–water partition coefficient (Wildman–Crippen LogP) is 1.83. The lowest BCUT2D eigenvalue weighted by Gasteiger charge is -2.28. The Morgan fingerprint density at radius 1 is 1.69 bits per heavy atom.